The van der Waals surface area contributed by atoms with Crippen LogP contribution in [0.1, 0.15) is 5.82 Å². The van der Waals surface area contributed by atoms with Crippen LogP contribution in [0.2, 0.25) is 0 Å². The lowest BCUT2D eigenvalue weighted by Gasteiger charge is -2.30. The van der Waals surface area contributed by atoms with E-state index in [0.717, 1.165) is 53.2 Å². The van der Waals surface area contributed by atoms with Crippen LogP contribution in [-0.2, 0) is 6.54 Å². The van der Waals surface area contributed by atoms with Crippen molar-refractivity contribution < 1.29 is 0 Å². The number of benzene rings is 1. The van der Waals surface area contributed by atoms with Crippen molar-refractivity contribution in [1.29, 1.82) is 0 Å². The predicted molar refractivity (Wildman–Crippen MR) is 114 cm³/mol. The molecule has 2 N–H and O–H groups in total. The lowest BCUT2D eigenvalue weighted by atomic mass is 10.1. The third-order valence-electron chi connectivity index (χ3n) is 5.27. The van der Waals surface area contributed by atoms with Crippen molar-refractivity contribution in [2.24, 2.45) is 0 Å². The molecule has 4 aromatic rings. The van der Waals surface area contributed by atoms with Crippen LogP contribution in [-0.4, -0.2) is 60.6 Å². The summed E-state index contributed by atoms with van der Waals surface area (Å²) in [6.07, 6.45) is 3.92. The van der Waals surface area contributed by atoms with E-state index in [1.54, 1.807) is 10.7 Å². The quantitative estimate of drug-likeness (QED) is 0.492. The third kappa shape index (κ3) is 2.95. The van der Waals surface area contributed by atoms with Crippen LogP contribution in [0, 0.1) is 0 Å². The summed E-state index contributed by atoms with van der Waals surface area (Å²) < 4.78 is 2.55. The molecule has 2 bridgehead atoms. The molecule has 1 aromatic carbocycles. The number of anilines is 2. The monoisotopic (exact) mass is 451 g/mol. The van der Waals surface area contributed by atoms with Gasteiger partial charge in [-0.1, -0.05) is 12.1 Å². The van der Waals surface area contributed by atoms with Gasteiger partial charge in [-0.3, -0.25) is 4.90 Å². The smallest absolute Gasteiger partial charge is 0.234 e. The number of hydrogen-bond donors (Lipinski definition) is 2. The summed E-state index contributed by atoms with van der Waals surface area (Å²) in [5, 5.41) is 7.78. The fourth-order valence-electron chi connectivity index (χ4n) is 3.79. The fraction of sp³-hybridized carbons (Fsp3) is 0.263. The molecule has 0 radical (unpaired) electrons. The number of rotatable bonds is 4. The van der Waals surface area contributed by atoms with Gasteiger partial charge in [-0.25, -0.2) is 4.98 Å². The van der Waals surface area contributed by atoms with E-state index in [1.807, 2.05) is 24.3 Å². The number of para-hydroxylation sites is 2. The molecule has 3 aliphatic heterocycles. The van der Waals surface area contributed by atoms with Crippen molar-refractivity contribution in [3.8, 4) is 0 Å². The van der Waals surface area contributed by atoms with Crippen LogP contribution in [0.5, 0.6) is 0 Å². The number of halogens is 1. The van der Waals surface area contributed by atoms with Crippen LogP contribution < -0.4 is 10.2 Å². The van der Waals surface area contributed by atoms with Crippen molar-refractivity contribution >= 4 is 44.5 Å². The van der Waals surface area contributed by atoms with Crippen molar-refractivity contribution in [2.45, 2.75) is 6.54 Å². The number of imidazole rings is 1. The number of H-pyrrole nitrogens is 1. The second-order valence-corrected chi connectivity index (χ2v) is 8.18. The van der Waals surface area contributed by atoms with Crippen molar-refractivity contribution in [2.75, 3.05) is 36.4 Å². The van der Waals surface area contributed by atoms with E-state index in [4.69, 9.17) is 9.97 Å². The van der Waals surface area contributed by atoms with Crippen molar-refractivity contribution in [3.05, 3.63) is 52.5 Å². The first-order chi connectivity index (χ1) is 14.2. The zero-order chi connectivity index (χ0) is 19.4. The molecule has 10 heteroatoms. The maximum Gasteiger partial charge on any atom is 0.234 e. The molecular formula is C19H18BrN9. The van der Waals surface area contributed by atoms with E-state index in [2.05, 4.69) is 52.3 Å². The van der Waals surface area contributed by atoms with Gasteiger partial charge in [0, 0.05) is 32.4 Å². The van der Waals surface area contributed by atoms with Crippen LogP contribution >= 0.6 is 15.9 Å². The summed E-state index contributed by atoms with van der Waals surface area (Å²) in [5.74, 6) is 2.15. The second-order valence-electron chi connectivity index (χ2n) is 7.32. The van der Waals surface area contributed by atoms with Gasteiger partial charge in [0.15, 0.2) is 5.65 Å². The highest BCUT2D eigenvalue weighted by Crippen LogP contribution is 2.25. The highest BCUT2D eigenvalue weighted by Gasteiger charge is 2.26. The van der Waals surface area contributed by atoms with Crippen LogP contribution in [0.15, 0.2) is 46.7 Å². The molecule has 29 heavy (non-hydrogen) atoms. The van der Waals surface area contributed by atoms with Gasteiger partial charge in [-0.15, -0.1) is 0 Å². The molecule has 0 aliphatic carbocycles. The highest BCUT2D eigenvalue weighted by molar-refractivity contribution is 9.10. The molecule has 0 unspecified atom stereocenters. The van der Waals surface area contributed by atoms with E-state index in [1.165, 1.54) is 5.57 Å². The number of aromatic amines is 1. The molecule has 146 valence electrons. The molecule has 0 atom stereocenters. The van der Waals surface area contributed by atoms with Crippen LogP contribution in [0.3, 0.4) is 0 Å². The molecule has 0 saturated carbocycles. The first kappa shape index (κ1) is 16.9. The minimum absolute atomic E-state index is 0.507. The Labute approximate surface area is 174 Å². The van der Waals surface area contributed by atoms with Crippen molar-refractivity contribution in [3.63, 3.8) is 0 Å². The Kier molecular flexibility index (Phi) is 3.81. The summed E-state index contributed by atoms with van der Waals surface area (Å²) in [4.78, 5) is 22.0. The SMILES string of the molecule is Brc1cnn2c(NCc3nc4ccccc4[nH]3)nc(N3C=C4CN(CC3)C4)nc12. The first-order valence-electron chi connectivity index (χ1n) is 9.50. The lowest BCUT2D eigenvalue weighted by molar-refractivity contribution is 0.266. The highest BCUT2D eigenvalue weighted by atomic mass is 79.9. The Morgan fingerprint density at radius 1 is 1.10 bits per heavy atom. The molecule has 3 aliphatic rings. The minimum Gasteiger partial charge on any atom is -0.347 e. The molecule has 6 heterocycles. The Morgan fingerprint density at radius 2 is 2.00 bits per heavy atom. The molecule has 3 aromatic heterocycles. The first-order valence-corrected chi connectivity index (χ1v) is 10.3. The van der Waals surface area contributed by atoms with E-state index in [-0.39, 0.29) is 0 Å². The normalized spacial score (nSPS) is 16.7. The molecule has 1 fully saturated rings. The minimum atomic E-state index is 0.507. The van der Waals surface area contributed by atoms with Gasteiger partial charge in [0.2, 0.25) is 11.9 Å². The van der Waals surface area contributed by atoms with Gasteiger partial charge >= 0.3 is 0 Å². The average Bonchev–Trinajstić information content (AvgIpc) is 3.14. The van der Waals surface area contributed by atoms with Gasteiger partial charge in [-0.2, -0.15) is 19.6 Å². The van der Waals surface area contributed by atoms with Gasteiger partial charge in [0.1, 0.15) is 5.82 Å². The molecule has 7 rings (SSSR count). The Morgan fingerprint density at radius 3 is 2.90 bits per heavy atom. The summed E-state index contributed by atoms with van der Waals surface area (Å²) >= 11 is 3.55. The maximum atomic E-state index is 4.78. The standard InChI is InChI=1S/C19H18BrN9/c20-13-7-22-29-17(13)25-19(28-6-5-27-9-12(10-27)11-28)26-18(29)21-8-16-23-14-3-1-2-4-15(14)24-16/h1-4,7,11H,5-6,8-10H2,(H,23,24)(H,21,25,26). The third-order valence-corrected chi connectivity index (χ3v) is 5.83. The molecule has 9 nitrogen and oxygen atoms in total. The maximum absolute atomic E-state index is 4.78. The zero-order valence-electron chi connectivity index (χ0n) is 15.5. The van der Waals surface area contributed by atoms with E-state index < -0.39 is 0 Å². The van der Waals surface area contributed by atoms with Gasteiger partial charge in [0.25, 0.3) is 0 Å². The predicted octanol–water partition coefficient (Wildman–Crippen LogP) is 2.39. The fourth-order valence-corrected chi connectivity index (χ4v) is 4.14. The molecule has 0 spiro atoms. The molecule has 0 amide bonds. The molecule has 1 saturated heterocycles. The van der Waals surface area contributed by atoms with Gasteiger partial charge in [-0.05, 0) is 33.6 Å². The zero-order valence-corrected chi connectivity index (χ0v) is 17.1. The number of nitrogens with zero attached hydrogens (tertiary/aromatic N) is 7. The average molecular weight is 452 g/mol. The largest absolute Gasteiger partial charge is 0.347 e. The molecular weight excluding hydrogens is 434 g/mol. The van der Waals surface area contributed by atoms with Crippen LogP contribution in [0.25, 0.3) is 16.7 Å². The Bertz CT molecular complexity index is 1220. The van der Waals surface area contributed by atoms with E-state index >= 15 is 0 Å². The van der Waals surface area contributed by atoms with Crippen molar-refractivity contribution in [1.82, 2.24) is 34.4 Å². The van der Waals surface area contributed by atoms with Gasteiger partial charge < -0.3 is 15.2 Å². The number of hydrogen-bond acceptors (Lipinski definition) is 7. The lowest BCUT2D eigenvalue weighted by Crippen LogP contribution is -2.40. The van der Waals surface area contributed by atoms with Gasteiger partial charge in [0.05, 0.1) is 28.2 Å². The summed E-state index contributed by atoms with van der Waals surface area (Å²) in [5.41, 5.74) is 4.11. The Balaban J connectivity index is 1.35. The number of aromatic nitrogens is 6. The number of fused-ring (bicyclic) bond motifs is 5. The van der Waals surface area contributed by atoms with E-state index in [9.17, 15) is 0 Å². The number of nitrogens with one attached hydrogen (secondary N) is 2. The summed E-state index contributed by atoms with van der Waals surface area (Å²) in [6.45, 7) is 4.48. The summed E-state index contributed by atoms with van der Waals surface area (Å²) in [6, 6.07) is 7.99. The summed E-state index contributed by atoms with van der Waals surface area (Å²) in [7, 11) is 0. The second kappa shape index (κ2) is 6.53. The Hall–Kier alpha value is -2.98. The van der Waals surface area contributed by atoms with E-state index in [0.29, 0.717) is 18.4 Å². The van der Waals surface area contributed by atoms with Crippen LogP contribution in [0.4, 0.5) is 11.9 Å². The topological polar surface area (TPSA) is 90.3 Å².